The van der Waals surface area contributed by atoms with Gasteiger partial charge in [-0.05, 0) is 35.4 Å². The average Bonchev–Trinajstić information content (AvgIpc) is 2.57. The summed E-state index contributed by atoms with van der Waals surface area (Å²) in [5, 5.41) is 8.89. The second-order valence-electron chi connectivity index (χ2n) is 6.01. The number of nitrogens with zero attached hydrogens (tertiary/aromatic N) is 1. The van der Waals surface area contributed by atoms with E-state index in [1.807, 2.05) is 48.5 Å². The van der Waals surface area contributed by atoms with Crippen molar-refractivity contribution in [1.82, 2.24) is 4.90 Å². The van der Waals surface area contributed by atoms with Crippen LogP contribution >= 0.6 is 0 Å². The number of aliphatic carboxylic acids is 1. The second-order valence-corrected chi connectivity index (χ2v) is 6.01. The number of ether oxygens (including phenoxy) is 2. The van der Waals surface area contributed by atoms with Crippen molar-refractivity contribution in [3.63, 3.8) is 0 Å². The highest BCUT2D eigenvalue weighted by molar-refractivity contribution is 5.71. The molecule has 0 amide bonds. The third kappa shape index (κ3) is 4.06. The van der Waals surface area contributed by atoms with Gasteiger partial charge in [-0.3, -0.25) is 9.69 Å². The van der Waals surface area contributed by atoms with Crippen LogP contribution in [-0.2, 0) is 17.9 Å². The van der Waals surface area contributed by atoms with Crippen LogP contribution in [0, 0.1) is 5.92 Å². The maximum Gasteiger partial charge on any atom is 0.309 e. The lowest BCUT2D eigenvalue weighted by Gasteiger charge is -2.36. The number of benzene rings is 2. The number of hydrogen-bond acceptors (Lipinski definition) is 4. The molecule has 0 bridgehead atoms. The molecule has 0 aliphatic carbocycles. The van der Waals surface area contributed by atoms with Crippen LogP contribution in [0.5, 0.6) is 11.5 Å². The lowest BCUT2D eigenvalue weighted by molar-refractivity contribution is -0.147. The molecule has 1 saturated heterocycles. The number of likely N-dealkylation sites (tertiary alicyclic amines) is 1. The van der Waals surface area contributed by atoms with Crippen molar-refractivity contribution in [2.45, 2.75) is 13.2 Å². The van der Waals surface area contributed by atoms with E-state index in [-0.39, 0.29) is 5.92 Å². The van der Waals surface area contributed by atoms with Gasteiger partial charge in [0.05, 0.1) is 13.0 Å². The lowest BCUT2D eigenvalue weighted by Crippen LogP contribution is -2.49. The Balaban J connectivity index is 1.47. The zero-order valence-corrected chi connectivity index (χ0v) is 13.6. The normalized spacial score (nSPS) is 14.9. The van der Waals surface area contributed by atoms with Crippen LogP contribution in [0.4, 0.5) is 0 Å². The smallest absolute Gasteiger partial charge is 0.309 e. The summed E-state index contributed by atoms with van der Waals surface area (Å²) in [5.74, 6) is 0.742. The van der Waals surface area contributed by atoms with Gasteiger partial charge in [-0.1, -0.05) is 24.3 Å². The van der Waals surface area contributed by atoms with Gasteiger partial charge in [0.2, 0.25) is 0 Å². The lowest BCUT2D eigenvalue weighted by atomic mass is 10.00. The summed E-state index contributed by atoms with van der Waals surface area (Å²) in [6.07, 6.45) is 0. The molecule has 1 aliphatic rings. The fourth-order valence-corrected chi connectivity index (χ4v) is 2.69. The molecule has 0 aromatic heterocycles. The Morgan fingerprint density at radius 1 is 1.04 bits per heavy atom. The second kappa shape index (κ2) is 7.36. The quantitative estimate of drug-likeness (QED) is 0.847. The SMILES string of the molecule is COc1ccc(COc2ccc(CN3CC(C(=O)O)C3)cc2)cc1. The van der Waals surface area contributed by atoms with Crippen LogP contribution in [0.2, 0.25) is 0 Å². The number of carboxylic acid groups (broad SMARTS) is 1. The van der Waals surface area contributed by atoms with Gasteiger partial charge < -0.3 is 14.6 Å². The number of carbonyl (C=O) groups is 1. The first-order valence-electron chi connectivity index (χ1n) is 7.94. The molecule has 0 spiro atoms. The molecule has 0 saturated carbocycles. The van der Waals surface area contributed by atoms with Crippen molar-refractivity contribution in [3.05, 3.63) is 59.7 Å². The maximum absolute atomic E-state index is 10.8. The van der Waals surface area contributed by atoms with Crippen LogP contribution in [0.25, 0.3) is 0 Å². The van der Waals surface area contributed by atoms with Crippen LogP contribution in [0.15, 0.2) is 48.5 Å². The van der Waals surface area contributed by atoms with Crippen molar-refractivity contribution in [2.24, 2.45) is 5.92 Å². The van der Waals surface area contributed by atoms with E-state index < -0.39 is 5.97 Å². The van der Waals surface area contributed by atoms with E-state index >= 15 is 0 Å². The monoisotopic (exact) mass is 327 g/mol. The van der Waals surface area contributed by atoms with Gasteiger partial charge in [0.1, 0.15) is 18.1 Å². The summed E-state index contributed by atoms with van der Waals surface area (Å²) in [7, 11) is 1.65. The molecule has 0 atom stereocenters. The third-order valence-corrected chi connectivity index (χ3v) is 4.20. The summed E-state index contributed by atoms with van der Waals surface area (Å²) in [5.41, 5.74) is 2.25. The van der Waals surface area contributed by atoms with Gasteiger partial charge in [-0.2, -0.15) is 0 Å². The zero-order chi connectivity index (χ0) is 16.9. The molecule has 3 rings (SSSR count). The Labute approximate surface area is 141 Å². The van der Waals surface area contributed by atoms with Crippen molar-refractivity contribution < 1.29 is 19.4 Å². The van der Waals surface area contributed by atoms with E-state index in [4.69, 9.17) is 14.6 Å². The van der Waals surface area contributed by atoms with Crippen molar-refractivity contribution in [2.75, 3.05) is 20.2 Å². The van der Waals surface area contributed by atoms with Crippen molar-refractivity contribution in [3.8, 4) is 11.5 Å². The minimum absolute atomic E-state index is 0.211. The van der Waals surface area contributed by atoms with Crippen molar-refractivity contribution >= 4 is 5.97 Å². The van der Waals surface area contributed by atoms with E-state index in [9.17, 15) is 4.79 Å². The molecular formula is C19H21NO4. The topological polar surface area (TPSA) is 59.0 Å². The maximum atomic E-state index is 10.8. The van der Waals surface area contributed by atoms with Crippen LogP contribution in [0.1, 0.15) is 11.1 Å². The summed E-state index contributed by atoms with van der Waals surface area (Å²) < 4.78 is 10.9. The number of methoxy groups -OCH3 is 1. The van der Waals surface area contributed by atoms with Crippen LogP contribution < -0.4 is 9.47 Å². The molecule has 1 fully saturated rings. The van der Waals surface area contributed by atoms with E-state index in [0.717, 1.165) is 29.2 Å². The first-order valence-corrected chi connectivity index (χ1v) is 7.94. The third-order valence-electron chi connectivity index (χ3n) is 4.20. The molecule has 5 heteroatoms. The first-order chi connectivity index (χ1) is 11.6. The molecule has 2 aromatic carbocycles. The summed E-state index contributed by atoms with van der Waals surface area (Å²) in [4.78, 5) is 12.9. The molecule has 1 heterocycles. The van der Waals surface area contributed by atoms with E-state index in [2.05, 4.69) is 4.90 Å². The Morgan fingerprint density at radius 3 is 2.21 bits per heavy atom. The molecule has 0 radical (unpaired) electrons. The van der Waals surface area contributed by atoms with Gasteiger partial charge in [-0.15, -0.1) is 0 Å². The summed E-state index contributed by atoms with van der Waals surface area (Å²) in [6.45, 7) is 2.55. The minimum Gasteiger partial charge on any atom is -0.497 e. The predicted molar refractivity (Wildman–Crippen MR) is 90.2 cm³/mol. The number of rotatable bonds is 7. The Bertz CT molecular complexity index is 676. The van der Waals surface area contributed by atoms with Gasteiger partial charge in [0.15, 0.2) is 0 Å². The fourth-order valence-electron chi connectivity index (χ4n) is 2.69. The van der Waals surface area contributed by atoms with Crippen LogP contribution in [0.3, 0.4) is 0 Å². The Hall–Kier alpha value is -2.53. The van der Waals surface area contributed by atoms with Crippen LogP contribution in [-0.4, -0.2) is 36.2 Å². The molecule has 1 N–H and O–H groups in total. The Morgan fingerprint density at radius 2 is 1.62 bits per heavy atom. The Kier molecular flexibility index (Phi) is 5.01. The highest BCUT2D eigenvalue weighted by Crippen LogP contribution is 2.21. The van der Waals surface area contributed by atoms with E-state index in [1.165, 1.54) is 0 Å². The standard InChI is InChI=1S/C19H21NO4/c1-23-17-6-4-15(5-7-17)13-24-18-8-2-14(3-9-18)10-20-11-16(12-20)19(21)22/h2-9,16H,10-13H2,1H3,(H,21,22). The van der Waals surface area contributed by atoms with Gasteiger partial charge in [-0.25, -0.2) is 0 Å². The summed E-state index contributed by atoms with van der Waals surface area (Å²) >= 11 is 0. The molecular weight excluding hydrogens is 306 g/mol. The highest BCUT2D eigenvalue weighted by atomic mass is 16.5. The summed E-state index contributed by atoms with van der Waals surface area (Å²) in [6, 6.07) is 15.7. The van der Waals surface area contributed by atoms with Crippen molar-refractivity contribution in [1.29, 1.82) is 0 Å². The molecule has 0 unspecified atom stereocenters. The molecule has 24 heavy (non-hydrogen) atoms. The number of hydrogen-bond donors (Lipinski definition) is 1. The highest BCUT2D eigenvalue weighted by Gasteiger charge is 2.31. The fraction of sp³-hybridized carbons (Fsp3) is 0.316. The molecule has 5 nitrogen and oxygen atoms in total. The van der Waals surface area contributed by atoms with E-state index in [1.54, 1.807) is 7.11 Å². The van der Waals surface area contributed by atoms with Gasteiger partial charge in [0, 0.05) is 19.6 Å². The zero-order valence-electron chi connectivity index (χ0n) is 13.6. The molecule has 126 valence electrons. The average molecular weight is 327 g/mol. The number of carboxylic acids is 1. The molecule has 2 aromatic rings. The van der Waals surface area contributed by atoms with Gasteiger partial charge in [0.25, 0.3) is 0 Å². The van der Waals surface area contributed by atoms with E-state index in [0.29, 0.717) is 19.7 Å². The minimum atomic E-state index is -0.700. The molecule has 1 aliphatic heterocycles. The largest absolute Gasteiger partial charge is 0.497 e. The predicted octanol–water partition coefficient (Wildman–Crippen LogP) is 2.79. The first kappa shape index (κ1) is 16.3. The van der Waals surface area contributed by atoms with Gasteiger partial charge >= 0.3 is 5.97 Å².